The molecule has 2 N–H and O–H groups in total. The van der Waals surface area contributed by atoms with Crippen molar-refractivity contribution in [2.45, 2.75) is 25.3 Å². The Labute approximate surface area is 139 Å². The molecule has 2 aromatic rings. The van der Waals surface area contributed by atoms with Gasteiger partial charge in [0.15, 0.2) is 11.6 Å². The van der Waals surface area contributed by atoms with Crippen LogP contribution in [0.4, 0.5) is 14.5 Å². The molecular weight excluding hydrogens is 310 g/mol. The van der Waals surface area contributed by atoms with E-state index in [-0.39, 0.29) is 17.7 Å². The van der Waals surface area contributed by atoms with Crippen LogP contribution in [0.3, 0.4) is 0 Å². The molecule has 3 nitrogen and oxygen atoms in total. The number of amides is 1. The number of benzene rings is 2. The highest BCUT2D eigenvalue weighted by Gasteiger charge is 2.44. The molecule has 0 aromatic heterocycles. The molecule has 4 rings (SSSR count). The van der Waals surface area contributed by atoms with E-state index < -0.39 is 11.6 Å². The minimum Gasteiger partial charge on any atom is -0.326 e. The zero-order valence-corrected chi connectivity index (χ0v) is 13.1. The quantitative estimate of drug-likeness (QED) is 0.907. The van der Waals surface area contributed by atoms with Gasteiger partial charge in [-0.15, -0.1) is 0 Å². The Bertz CT molecular complexity index is 806. The Morgan fingerprint density at radius 1 is 1.08 bits per heavy atom. The van der Waals surface area contributed by atoms with Gasteiger partial charge in [0.2, 0.25) is 5.91 Å². The molecule has 1 aliphatic carbocycles. The van der Waals surface area contributed by atoms with E-state index in [1.54, 1.807) is 6.07 Å². The van der Waals surface area contributed by atoms with Crippen molar-refractivity contribution >= 4 is 11.6 Å². The van der Waals surface area contributed by atoms with Gasteiger partial charge in [-0.25, -0.2) is 8.78 Å². The van der Waals surface area contributed by atoms with Gasteiger partial charge in [-0.2, -0.15) is 0 Å². The average Bonchev–Trinajstić information content (AvgIpc) is 3.38. The van der Waals surface area contributed by atoms with E-state index in [0.29, 0.717) is 12.0 Å². The van der Waals surface area contributed by atoms with Crippen LogP contribution in [0.5, 0.6) is 0 Å². The maximum absolute atomic E-state index is 13.3. The third-order valence-corrected chi connectivity index (χ3v) is 4.86. The molecule has 1 heterocycles. The highest BCUT2D eigenvalue weighted by molar-refractivity contribution is 5.95. The van der Waals surface area contributed by atoms with Gasteiger partial charge in [-0.05, 0) is 66.3 Å². The summed E-state index contributed by atoms with van der Waals surface area (Å²) in [6, 6.07) is 9.87. The molecule has 1 saturated carbocycles. The van der Waals surface area contributed by atoms with E-state index in [0.717, 1.165) is 31.3 Å². The smallest absolute Gasteiger partial charge is 0.228 e. The van der Waals surface area contributed by atoms with E-state index in [1.165, 1.54) is 17.2 Å². The fraction of sp³-hybridized carbons (Fsp3) is 0.316. The molecule has 2 aromatic carbocycles. The van der Waals surface area contributed by atoms with Gasteiger partial charge < -0.3 is 10.6 Å². The molecule has 0 spiro atoms. The first-order valence-corrected chi connectivity index (χ1v) is 8.20. The van der Waals surface area contributed by atoms with E-state index in [4.69, 9.17) is 0 Å². The molecule has 0 radical (unpaired) electrons. The summed E-state index contributed by atoms with van der Waals surface area (Å²) in [7, 11) is 0. The molecular formula is C19H18F2N2O. The Morgan fingerprint density at radius 3 is 2.79 bits per heavy atom. The van der Waals surface area contributed by atoms with Crippen molar-refractivity contribution in [1.82, 2.24) is 5.32 Å². The van der Waals surface area contributed by atoms with Crippen LogP contribution in [0, 0.1) is 17.6 Å². The fourth-order valence-electron chi connectivity index (χ4n) is 3.39. The largest absolute Gasteiger partial charge is 0.326 e. The molecule has 24 heavy (non-hydrogen) atoms. The van der Waals surface area contributed by atoms with Crippen LogP contribution in [0.1, 0.15) is 29.0 Å². The summed E-state index contributed by atoms with van der Waals surface area (Å²) >= 11 is 0. The van der Waals surface area contributed by atoms with Crippen LogP contribution in [0.15, 0.2) is 36.4 Å². The molecule has 1 aliphatic heterocycles. The Kier molecular flexibility index (Phi) is 3.81. The van der Waals surface area contributed by atoms with Crippen LogP contribution in [0.25, 0.3) is 0 Å². The van der Waals surface area contributed by atoms with Crippen LogP contribution >= 0.6 is 0 Å². The molecule has 2 atom stereocenters. The standard InChI is InChI=1S/C19H18F2N2O/c20-17-4-2-12(8-18(17)21)15-9-16(15)19(24)23-14-3-1-11-5-6-22-10-13(11)7-14/h1-4,7-8,15-16,22H,5-6,9-10H2,(H,23,24)/t15-,16+/m0/s1. The highest BCUT2D eigenvalue weighted by Crippen LogP contribution is 2.48. The maximum Gasteiger partial charge on any atom is 0.228 e. The molecule has 0 unspecified atom stereocenters. The molecule has 124 valence electrons. The lowest BCUT2D eigenvalue weighted by atomic mass is 10.0. The first kappa shape index (κ1) is 15.3. The van der Waals surface area contributed by atoms with Gasteiger partial charge in [-0.1, -0.05) is 12.1 Å². The lowest BCUT2D eigenvalue weighted by Gasteiger charge is -2.18. The number of carbonyl (C=O) groups is 1. The third kappa shape index (κ3) is 2.91. The number of rotatable bonds is 3. The number of halogens is 2. The Hall–Kier alpha value is -2.27. The van der Waals surface area contributed by atoms with Gasteiger partial charge in [0.05, 0.1) is 0 Å². The minimum atomic E-state index is -0.860. The minimum absolute atomic E-state index is 0.0283. The fourth-order valence-corrected chi connectivity index (χ4v) is 3.39. The lowest BCUT2D eigenvalue weighted by Crippen LogP contribution is -2.24. The second-order valence-electron chi connectivity index (χ2n) is 6.52. The third-order valence-electron chi connectivity index (χ3n) is 4.86. The number of hydrogen-bond donors (Lipinski definition) is 2. The summed E-state index contributed by atoms with van der Waals surface area (Å²) < 4.78 is 26.3. The van der Waals surface area contributed by atoms with Crippen LogP contribution in [-0.4, -0.2) is 12.5 Å². The van der Waals surface area contributed by atoms with Crippen LogP contribution < -0.4 is 10.6 Å². The number of carbonyl (C=O) groups excluding carboxylic acids is 1. The molecule has 0 bridgehead atoms. The highest BCUT2D eigenvalue weighted by atomic mass is 19.2. The summed E-state index contributed by atoms with van der Waals surface area (Å²) in [5.41, 5.74) is 4.01. The molecule has 5 heteroatoms. The Balaban J connectivity index is 1.43. The van der Waals surface area contributed by atoms with Crippen LogP contribution in [0.2, 0.25) is 0 Å². The average molecular weight is 328 g/mol. The zero-order valence-electron chi connectivity index (χ0n) is 13.1. The Morgan fingerprint density at radius 2 is 1.96 bits per heavy atom. The second kappa shape index (κ2) is 5.98. The van der Waals surface area contributed by atoms with E-state index in [1.807, 2.05) is 12.1 Å². The monoisotopic (exact) mass is 328 g/mol. The summed E-state index contributed by atoms with van der Waals surface area (Å²) in [5.74, 6) is -1.99. The SMILES string of the molecule is O=C(Nc1ccc2c(c1)CNCC2)[C@@H]1C[C@H]1c1ccc(F)c(F)c1. The molecule has 0 saturated heterocycles. The maximum atomic E-state index is 13.3. The van der Waals surface area contributed by atoms with Crippen molar-refractivity contribution in [2.75, 3.05) is 11.9 Å². The van der Waals surface area contributed by atoms with Crippen molar-refractivity contribution in [2.24, 2.45) is 5.92 Å². The predicted octanol–water partition coefficient (Wildman–Crippen LogP) is 3.35. The van der Waals surface area contributed by atoms with Gasteiger partial charge in [0, 0.05) is 18.2 Å². The van der Waals surface area contributed by atoms with Gasteiger partial charge in [0.1, 0.15) is 0 Å². The topological polar surface area (TPSA) is 41.1 Å². The number of nitrogens with one attached hydrogen (secondary N) is 2. The molecule has 1 amide bonds. The van der Waals surface area contributed by atoms with Gasteiger partial charge >= 0.3 is 0 Å². The van der Waals surface area contributed by atoms with E-state index >= 15 is 0 Å². The first-order chi connectivity index (χ1) is 11.6. The summed E-state index contributed by atoms with van der Waals surface area (Å²) in [5, 5.41) is 6.26. The van der Waals surface area contributed by atoms with Gasteiger partial charge in [-0.3, -0.25) is 4.79 Å². The molecule has 2 aliphatic rings. The van der Waals surface area contributed by atoms with Crippen molar-refractivity contribution in [3.05, 3.63) is 64.7 Å². The number of hydrogen-bond acceptors (Lipinski definition) is 2. The van der Waals surface area contributed by atoms with Crippen molar-refractivity contribution in [1.29, 1.82) is 0 Å². The van der Waals surface area contributed by atoms with Crippen LogP contribution in [-0.2, 0) is 17.8 Å². The predicted molar refractivity (Wildman–Crippen MR) is 87.7 cm³/mol. The van der Waals surface area contributed by atoms with Crippen molar-refractivity contribution < 1.29 is 13.6 Å². The summed E-state index contributed by atoms with van der Waals surface area (Å²) in [6.07, 6.45) is 1.67. The summed E-state index contributed by atoms with van der Waals surface area (Å²) in [6.45, 7) is 1.80. The van der Waals surface area contributed by atoms with Gasteiger partial charge in [0.25, 0.3) is 0 Å². The second-order valence-corrected chi connectivity index (χ2v) is 6.52. The zero-order chi connectivity index (χ0) is 16.7. The van der Waals surface area contributed by atoms with E-state index in [9.17, 15) is 13.6 Å². The first-order valence-electron chi connectivity index (χ1n) is 8.20. The van der Waals surface area contributed by atoms with E-state index in [2.05, 4.69) is 16.7 Å². The molecule has 1 fully saturated rings. The summed E-state index contributed by atoms with van der Waals surface area (Å²) in [4.78, 5) is 12.4. The lowest BCUT2D eigenvalue weighted by molar-refractivity contribution is -0.117. The normalized spacial score (nSPS) is 21.9. The van der Waals surface area contributed by atoms with Crippen molar-refractivity contribution in [3.8, 4) is 0 Å². The number of fused-ring (bicyclic) bond motifs is 1. The number of anilines is 1. The van der Waals surface area contributed by atoms with Crippen molar-refractivity contribution in [3.63, 3.8) is 0 Å².